The topological polar surface area (TPSA) is 3.24 Å². The number of benzene rings is 3. The van der Waals surface area contributed by atoms with Crippen LogP contribution in [0.1, 0.15) is 24.4 Å². The summed E-state index contributed by atoms with van der Waals surface area (Å²) in [6.07, 6.45) is 2.60. The van der Waals surface area contributed by atoms with E-state index >= 15 is 0 Å². The molecule has 24 heavy (non-hydrogen) atoms. The molecule has 2 heteroatoms. The fourth-order valence-corrected chi connectivity index (χ4v) is 9.57. The van der Waals surface area contributed by atoms with Crippen LogP contribution < -0.4 is 15.9 Å². The SMILES string of the molecule is c1ccc([P+]2(c3ccccc3)c3ccccc3C3CCCN32)cc1. The highest BCUT2D eigenvalue weighted by molar-refractivity contribution is 7.94. The van der Waals surface area contributed by atoms with Crippen molar-refractivity contribution in [2.24, 2.45) is 0 Å². The van der Waals surface area contributed by atoms with E-state index in [1.165, 1.54) is 30.0 Å². The molecule has 1 nitrogen and oxygen atoms in total. The predicted octanol–water partition coefficient (Wildman–Crippen LogP) is 4.05. The molecule has 2 aliphatic rings. The van der Waals surface area contributed by atoms with Crippen molar-refractivity contribution >= 4 is 23.3 Å². The zero-order valence-electron chi connectivity index (χ0n) is 13.7. The Bertz CT molecular complexity index is 820. The van der Waals surface area contributed by atoms with Gasteiger partial charge in [0.05, 0.1) is 6.04 Å². The van der Waals surface area contributed by atoms with E-state index in [2.05, 4.69) is 89.6 Å². The maximum Gasteiger partial charge on any atom is 0.182 e. The van der Waals surface area contributed by atoms with Crippen LogP contribution in [0, 0.1) is 0 Å². The minimum atomic E-state index is -1.71. The first kappa shape index (κ1) is 14.4. The smallest absolute Gasteiger partial charge is 0.158 e. The van der Waals surface area contributed by atoms with Crippen molar-refractivity contribution in [1.82, 2.24) is 4.67 Å². The normalized spacial score (nSPS) is 21.4. The van der Waals surface area contributed by atoms with Crippen molar-refractivity contribution in [2.45, 2.75) is 18.9 Å². The molecule has 1 saturated heterocycles. The van der Waals surface area contributed by atoms with Gasteiger partial charge in [0.15, 0.2) is 7.41 Å². The summed E-state index contributed by atoms with van der Waals surface area (Å²) in [5.74, 6) is 0. The molecule has 118 valence electrons. The molecular formula is C22H21NP+. The highest BCUT2D eigenvalue weighted by atomic mass is 31.2. The molecule has 0 aromatic heterocycles. The number of rotatable bonds is 2. The second-order valence-corrected chi connectivity index (χ2v) is 9.99. The standard InChI is InChI=1S/C22H21NP/c1-3-10-18(11-4-1)24(19-12-5-2-6-13-19)22-16-8-7-14-20(22)21-15-9-17-23(21)24/h1-8,10-14,16,21H,9,15,17H2/q+1. The lowest BCUT2D eigenvalue weighted by Gasteiger charge is -2.31. The molecule has 1 atom stereocenters. The summed E-state index contributed by atoms with van der Waals surface area (Å²) in [6, 6.07) is 32.2. The summed E-state index contributed by atoms with van der Waals surface area (Å²) < 4.78 is 2.85. The van der Waals surface area contributed by atoms with Crippen molar-refractivity contribution in [2.75, 3.05) is 6.54 Å². The first-order valence-corrected chi connectivity index (χ1v) is 10.5. The Hall–Kier alpha value is -1.95. The third-order valence-electron chi connectivity index (χ3n) is 5.51. The van der Waals surface area contributed by atoms with E-state index in [-0.39, 0.29) is 0 Å². The van der Waals surface area contributed by atoms with Gasteiger partial charge in [0, 0.05) is 12.1 Å². The molecule has 1 unspecified atom stereocenters. The Morgan fingerprint density at radius 1 is 0.708 bits per heavy atom. The van der Waals surface area contributed by atoms with E-state index < -0.39 is 7.41 Å². The number of fused-ring (bicyclic) bond motifs is 3. The lowest BCUT2D eigenvalue weighted by molar-refractivity contribution is 0.452. The van der Waals surface area contributed by atoms with Gasteiger partial charge in [-0.2, -0.15) is 4.67 Å². The molecule has 0 spiro atoms. The third kappa shape index (κ3) is 1.83. The fourth-order valence-electron chi connectivity index (χ4n) is 4.64. The minimum Gasteiger partial charge on any atom is -0.158 e. The van der Waals surface area contributed by atoms with Gasteiger partial charge in [-0.15, -0.1) is 0 Å². The van der Waals surface area contributed by atoms with E-state index in [0.717, 1.165) is 0 Å². The van der Waals surface area contributed by atoms with Gasteiger partial charge in [-0.3, -0.25) is 0 Å². The Labute approximate surface area is 144 Å². The fraction of sp³-hybridized carbons (Fsp3) is 0.182. The maximum atomic E-state index is 2.85. The molecule has 3 aromatic rings. The van der Waals surface area contributed by atoms with Gasteiger partial charge in [-0.05, 0) is 43.2 Å². The number of hydrogen-bond donors (Lipinski definition) is 0. The molecule has 0 amide bonds. The third-order valence-corrected chi connectivity index (χ3v) is 9.96. The van der Waals surface area contributed by atoms with Gasteiger partial charge in [0.1, 0.15) is 15.9 Å². The van der Waals surface area contributed by atoms with Gasteiger partial charge < -0.3 is 0 Å². The first-order chi connectivity index (χ1) is 11.9. The zero-order chi connectivity index (χ0) is 16.0. The van der Waals surface area contributed by atoms with Crippen LogP contribution >= 0.6 is 7.41 Å². The summed E-state index contributed by atoms with van der Waals surface area (Å²) in [5.41, 5.74) is 1.57. The number of hydrogen-bond acceptors (Lipinski definition) is 1. The molecule has 3 aromatic carbocycles. The van der Waals surface area contributed by atoms with E-state index in [0.29, 0.717) is 6.04 Å². The van der Waals surface area contributed by atoms with E-state index in [9.17, 15) is 0 Å². The van der Waals surface area contributed by atoms with Crippen molar-refractivity contribution in [1.29, 1.82) is 0 Å². The number of nitrogens with zero attached hydrogens (tertiary/aromatic N) is 1. The second-order valence-electron chi connectivity index (χ2n) is 6.69. The Morgan fingerprint density at radius 3 is 1.96 bits per heavy atom. The molecule has 0 bridgehead atoms. The van der Waals surface area contributed by atoms with Crippen molar-refractivity contribution < 1.29 is 0 Å². The van der Waals surface area contributed by atoms with Gasteiger partial charge in [-0.1, -0.05) is 54.6 Å². The molecule has 1 fully saturated rings. The predicted molar refractivity (Wildman–Crippen MR) is 104 cm³/mol. The summed E-state index contributed by atoms with van der Waals surface area (Å²) in [7, 11) is -1.71. The largest absolute Gasteiger partial charge is 0.182 e. The summed E-state index contributed by atoms with van der Waals surface area (Å²) in [5, 5.41) is 4.56. The highest BCUT2D eigenvalue weighted by Gasteiger charge is 2.61. The van der Waals surface area contributed by atoms with Crippen LogP contribution in [0.2, 0.25) is 0 Å². The maximum absolute atomic E-state index is 2.85. The van der Waals surface area contributed by atoms with Crippen LogP contribution in [-0.4, -0.2) is 11.2 Å². The second kappa shape index (κ2) is 5.55. The van der Waals surface area contributed by atoms with E-state index in [1.54, 1.807) is 10.9 Å². The molecule has 0 N–H and O–H groups in total. The average molecular weight is 330 g/mol. The van der Waals surface area contributed by atoms with Crippen LogP contribution in [-0.2, 0) is 0 Å². The molecular weight excluding hydrogens is 309 g/mol. The first-order valence-electron chi connectivity index (χ1n) is 8.79. The summed E-state index contributed by atoms with van der Waals surface area (Å²) in [4.78, 5) is 0. The quantitative estimate of drug-likeness (QED) is 0.641. The lowest BCUT2D eigenvalue weighted by atomic mass is 10.1. The van der Waals surface area contributed by atoms with Crippen LogP contribution in [0.4, 0.5) is 0 Å². The van der Waals surface area contributed by atoms with E-state index in [4.69, 9.17) is 0 Å². The minimum absolute atomic E-state index is 0.593. The Kier molecular flexibility index (Phi) is 3.33. The van der Waals surface area contributed by atoms with Gasteiger partial charge in [-0.25, -0.2) is 0 Å². The Balaban J connectivity index is 1.88. The van der Waals surface area contributed by atoms with Crippen molar-refractivity contribution in [3.05, 3.63) is 90.5 Å². The summed E-state index contributed by atoms with van der Waals surface area (Å²) >= 11 is 0. The average Bonchev–Trinajstić information content (AvgIpc) is 3.24. The highest BCUT2D eigenvalue weighted by Crippen LogP contribution is 2.69. The Morgan fingerprint density at radius 2 is 1.29 bits per heavy atom. The van der Waals surface area contributed by atoms with Crippen LogP contribution in [0.5, 0.6) is 0 Å². The van der Waals surface area contributed by atoms with Crippen molar-refractivity contribution in [3.8, 4) is 0 Å². The van der Waals surface area contributed by atoms with Crippen LogP contribution in [0.3, 0.4) is 0 Å². The summed E-state index contributed by atoms with van der Waals surface area (Å²) in [6.45, 7) is 1.21. The molecule has 5 rings (SSSR count). The lowest BCUT2D eigenvalue weighted by Crippen LogP contribution is -2.37. The zero-order valence-corrected chi connectivity index (χ0v) is 14.6. The van der Waals surface area contributed by atoms with Gasteiger partial charge in [0.25, 0.3) is 0 Å². The molecule has 0 aliphatic carbocycles. The van der Waals surface area contributed by atoms with E-state index in [1.807, 2.05) is 0 Å². The van der Waals surface area contributed by atoms with Crippen LogP contribution in [0.15, 0.2) is 84.9 Å². The monoisotopic (exact) mass is 330 g/mol. The molecule has 0 radical (unpaired) electrons. The van der Waals surface area contributed by atoms with Crippen molar-refractivity contribution in [3.63, 3.8) is 0 Å². The van der Waals surface area contributed by atoms with Crippen LogP contribution in [0.25, 0.3) is 0 Å². The molecule has 0 saturated carbocycles. The molecule has 2 heterocycles. The van der Waals surface area contributed by atoms with Gasteiger partial charge in [0.2, 0.25) is 0 Å². The molecule has 2 aliphatic heterocycles. The van der Waals surface area contributed by atoms with Gasteiger partial charge >= 0.3 is 0 Å².